The van der Waals surface area contributed by atoms with E-state index in [1.807, 2.05) is 25.5 Å². The van der Waals surface area contributed by atoms with E-state index in [2.05, 4.69) is 15.3 Å². The standard InChI is InChI=1S/C19H25FN4O/c1-23-12-16(11-22-23)7-8-21-19(25)17-5-3-9-24(14-17)13-15-4-2-6-18(20)10-15/h2,4,6,10-12,17H,3,5,7-9,13-14H2,1H3,(H,21,25)/t17-/m0/s1. The molecule has 1 amide bonds. The van der Waals surface area contributed by atoms with Crippen LogP contribution in [0, 0.1) is 11.7 Å². The first kappa shape index (κ1) is 17.6. The van der Waals surface area contributed by atoms with Gasteiger partial charge in [-0.3, -0.25) is 14.4 Å². The molecular formula is C19H25FN4O. The minimum Gasteiger partial charge on any atom is -0.355 e. The first-order valence-corrected chi connectivity index (χ1v) is 8.82. The second-order valence-corrected chi connectivity index (χ2v) is 6.77. The van der Waals surface area contributed by atoms with Crippen molar-refractivity contribution in [2.75, 3.05) is 19.6 Å². The molecule has 0 saturated carbocycles. The maximum atomic E-state index is 13.3. The number of halogens is 1. The molecule has 1 aliphatic heterocycles. The molecule has 6 heteroatoms. The summed E-state index contributed by atoms with van der Waals surface area (Å²) in [4.78, 5) is 14.7. The number of nitrogens with one attached hydrogen (secondary N) is 1. The summed E-state index contributed by atoms with van der Waals surface area (Å²) in [7, 11) is 1.89. The summed E-state index contributed by atoms with van der Waals surface area (Å²) in [6.45, 7) is 3.01. The fraction of sp³-hybridized carbons (Fsp3) is 0.474. The van der Waals surface area contributed by atoms with E-state index in [0.717, 1.165) is 43.5 Å². The number of likely N-dealkylation sites (tertiary alicyclic amines) is 1. The van der Waals surface area contributed by atoms with E-state index in [-0.39, 0.29) is 17.6 Å². The molecule has 1 saturated heterocycles. The van der Waals surface area contributed by atoms with E-state index in [4.69, 9.17) is 0 Å². The molecule has 3 rings (SSSR count). The fourth-order valence-electron chi connectivity index (χ4n) is 3.38. The Balaban J connectivity index is 1.46. The normalized spacial score (nSPS) is 18.2. The number of hydrogen-bond donors (Lipinski definition) is 1. The van der Waals surface area contributed by atoms with Gasteiger partial charge >= 0.3 is 0 Å². The molecule has 134 valence electrons. The number of carbonyl (C=O) groups excluding carboxylic acids is 1. The molecule has 5 nitrogen and oxygen atoms in total. The number of rotatable bonds is 6. The molecule has 25 heavy (non-hydrogen) atoms. The Kier molecular flexibility index (Phi) is 5.81. The highest BCUT2D eigenvalue weighted by Gasteiger charge is 2.25. The molecule has 1 aromatic carbocycles. The molecule has 1 atom stereocenters. The van der Waals surface area contributed by atoms with Gasteiger partial charge in [-0.05, 0) is 49.1 Å². The molecule has 0 bridgehead atoms. The van der Waals surface area contributed by atoms with Gasteiger partial charge in [0.1, 0.15) is 5.82 Å². The quantitative estimate of drug-likeness (QED) is 0.873. The molecule has 1 fully saturated rings. The Morgan fingerprint density at radius 1 is 1.40 bits per heavy atom. The molecule has 0 unspecified atom stereocenters. The van der Waals surface area contributed by atoms with Gasteiger partial charge in [0.15, 0.2) is 0 Å². The number of piperidine rings is 1. The Hall–Kier alpha value is -2.21. The molecular weight excluding hydrogens is 319 g/mol. The average Bonchev–Trinajstić information content (AvgIpc) is 3.00. The van der Waals surface area contributed by atoms with Crippen LogP contribution in [0.4, 0.5) is 4.39 Å². The predicted molar refractivity (Wildman–Crippen MR) is 94.3 cm³/mol. The second-order valence-electron chi connectivity index (χ2n) is 6.77. The number of nitrogens with zero attached hydrogens (tertiary/aromatic N) is 3. The Morgan fingerprint density at radius 2 is 2.28 bits per heavy atom. The predicted octanol–water partition coefficient (Wildman–Crippen LogP) is 2.13. The van der Waals surface area contributed by atoms with E-state index in [9.17, 15) is 9.18 Å². The fourth-order valence-corrected chi connectivity index (χ4v) is 3.38. The van der Waals surface area contributed by atoms with E-state index >= 15 is 0 Å². The molecule has 0 radical (unpaired) electrons. The SMILES string of the molecule is Cn1cc(CCNC(=O)[C@H]2CCCN(Cc3cccc(F)c3)C2)cn1. The third kappa shape index (κ3) is 5.13. The minimum atomic E-state index is -0.209. The number of aryl methyl sites for hydroxylation is 1. The summed E-state index contributed by atoms with van der Waals surface area (Å²) in [5, 5.41) is 7.17. The van der Waals surface area contributed by atoms with E-state index < -0.39 is 0 Å². The van der Waals surface area contributed by atoms with Gasteiger partial charge in [0.2, 0.25) is 5.91 Å². The summed E-state index contributed by atoms with van der Waals surface area (Å²) >= 11 is 0. The van der Waals surface area contributed by atoms with Crippen LogP contribution in [0.1, 0.15) is 24.0 Å². The van der Waals surface area contributed by atoms with Crippen LogP contribution in [-0.2, 0) is 24.8 Å². The first-order valence-electron chi connectivity index (χ1n) is 8.82. The van der Waals surface area contributed by atoms with Crippen molar-refractivity contribution in [2.24, 2.45) is 13.0 Å². The zero-order valence-electron chi connectivity index (χ0n) is 14.6. The Morgan fingerprint density at radius 3 is 3.04 bits per heavy atom. The number of carbonyl (C=O) groups is 1. The molecule has 0 aliphatic carbocycles. The van der Waals surface area contributed by atoms with Crippen LogP contribution in [0.15, 0.2) is 36.7 Å². The zero-order valence-corrected chi connectivity index (χ0v) is 14.6. The van der Waals surface area contributed by atoms with Crippen molar-refractivity contribution in [3.05, 3.63) is 53.6 Å². The highest BCUT2D eigenvalue weighted by atomic mass is 19.1. The van der Waals surface area contributed by atoms with Gasteiger partial charge in [-0.2, -0.15) is 5.10 Å². The van der Waals surface area contributed by atoms with E-state index in [0.29, 0.717) is 13.1 Å². The lowest BCUT2D eigenvalue weighted by Gasteiger charge is -2.32. The van der Waals surface area contributed by atoms with Crippen molar-refractivity contribution in [2.45, 2.75) is 25.8 Å². The molecule has 0 spiro atoms. The smallest absolute Gasteiger partial charge is 0.224 e. The van der Waals surface area contributed by atoms with E-state index in [1.54, 1.807) is 16.8 Å². The third-order valence-corrected chi connectivity index (χ3v) is 4.64. The van der Waals surface area contributed by atoms with Gasteiger partial charge in [0.05, 0.1) is 12.1 Å². The van der Waals surface area contributed by atoms with Crippen LogP contribution in [0.5, 0.6) is 0 Å². The molecule has 1 N–H and O–H groups in total. The summed E-state index contributed by atoms with van der Waals surface area (Å²) in [5.74, 6) is -0.0803. The van der Waals surface area contributed by atoms with Crippen LogP contribution in [0.25, 0.3) is 0 Å². The maximum Gasteiger partial charge on any atom is 0.224 e. The number of benzene rings is 1. The van der Waals surface area contributed by atoms with Crippen molar-refractivity contribution in [3.63, 3.8) is 0 Å². The molecule has 2 aromatic rings. The highest BCUT2D eigenvalue weighted by molar-refractivity contribution is 5.78. The summed E-state index contributed by atoms with van der Waals surface area (Å²) in [5.41, 5.74) is 2.08. The lowest BCUT2D eigenvalue weighted by molar-refractivity contribution is -0.126. The first-order chi connectivity index (χ1) is 12.1. The number of aromatic nitrogens is 2. The second kappa shape index (κ2) is 8.25. The largest absolute Gasteiger partial charge is 0.355 e. The van der Waals surface area contributed by atoms with Gasteiger partial charge in [-0.15, -0.1) is 0 Å². The van der Waals surface area contributed by atoms with Gasteiger partial charge in [0.25, 0.3) is 0 Å². The van der Waals surface area contributed by atoms with Crippen LogP contribution >= 0.6 is 0 Å². The third-order valence-electron chi connectivity index (χ3n) is 4.64. The Bertz CT molecular complexity index is 715. The van der Waals surface area contributed by atoms with Crippen LogP contribution in [0.3, 0.4) is 0 Å². The van der Waals surface area contributed by atoms with Crippen molar-refractivity contribution in [1.82, 2.24) is 20.0 Å². The summed E-state index contributed by atoms with van der Waals surface area (Å²) < 4.78 is 15.1. The van der Waals surface area contributed by atoms with Crippen molar-refractivity contribution in [3.8, 4) is 0 Å². The molecule has 2 heterocycles. The Labute approximate surface area is 147 Å². The van der Waals surface area contributed by atoms with Crippen molar-refractivity contribution < 1.29 is 9.18 Å². The average molecular weight is 344 g/mol. The van der Waals surface area contributed by atoms with Gasteiger partial charge in [-0.1, -0.05) is 12.1 Å². The monoisotopic (exact) mass is 344 g/mol. The van der Waals surface area contributed by atoms with Gasteiger partial charge in [0, 0.05) is 32.9 Å². The van der Waals surface area contributed by atoms with Gasteiger partial charge in [-0.25, -0.2) is 4.39 Å². The van der Waals surface area contributed by atoms with Crippen LogP contribution in [0.2, 0.25) is 0 Å². The van der Waals surface area contributed by atoms with E-state index in [1.165, 1.54) is 6.07 Å². The lowest BCUT2D eigenvalue weighted by atomic mass is 9.96. The lowest BCUT2D eigenvalue weighted by Crippen LogP contribution is -2.43. The van der Waals surface area contributed by atoms with Crippen molar-refractivity contribution in [1.29, 1.82) is 0 Å². The molecule has 1 aliphatic rings. The highest BCUT2D eigenvalue weighted by Crippen LogP contribution is 2.19. The maximum absolute atomic E-state index is 13.3. The minimum absolute atomic E-state index is 0.0104. The van der Waals surface area contributed by atoms with Gasteiger partial charge < -0.3 is 5.32 Å². The zero-order chi connectivity index (χ0) is 17.6. The van der Waals surface area contributed by atoms with Crippen LogP contribution in [-0.4, -0.2) is 40.2 Å². The number of hydrogen-bond acceptors (Lipinski definition) is 3. The molecule has 1 aromatic heterocycles. The summed E-state index contributed by atoms with van der Waals surface area (Å²) in [6.07, 6.45) is 6.49. The van der Waals surface area contributed by atoms with Crippen molar-refractivity contribution >= 4 is 5.91 Å². The van der Waals surface area contributed by atoms with Crippen LogP contribution < -0.4 is 5.32 Å². The topological polar surface area (TPSA) is 50.2 Å². The summed E-state index contributed by atoms with van der Waals surface area (Å²) in [6, 6.07) is 6.69. The number of amides is 1.